The third-order valence-corrected chi connectivity index (χ3v) is 7.19. The molecule has 0 bridgehead atoms. The second-order valence-corrected chi connectivity index (χ2v) is 9.57. The molecule has 0 amide bonds. The van der Waals surface area contributed by atoms with Crippen LogP contribution in [0.4, 0.5) is 0 Å². The van der Waals surface area contributed by atoms with Crippen molar-refractivity contribution in [3.8, 4) is 0 Å². The molecule has 0 unspecified atom stereocenters. The van der Waals surface area contributed by atoms with Crippen molar-refractivity contribution in [2.24, 2.45) is 0 Å². The van der Waals surface area contributed by atoms with Gasteiger partial charge < -0.3 is 0 Å². The first-order valence-electron chi connectivity index (χ1n) is 10.8. The van der Waals surface area contributed by atoms with Crippen LogP contribution in [0.15, 0.2) is 48.4 Å². The second kappa shape index (κ2) is 8.74. The Morgan fingerprint density at radius 1 is 1.00 bits per heavy atom. The van der Waals surface area contributed by atoms with Crippen LogP contribution in [0, 0.1) is 13.8 Å². The summed E-state index contributed by atoms with van der Waals surface area (Å²) in [5.41, 5.74) is 10.3. The maximum atomic E-state index is 4.34. The third kappa shape index (κ3) is 4.63. The summed E-state index contributed by atoms with van der Waals surface area (Å²) in [7, 11) is 0. The van der Waals surface area contributed by atoms with E-state index >= 15 is 0 Å². The molecule has 0 spiro atoms. The van der Waals surface area contributed by atoms with Gasteiger partial charge in [-0.25, -0.2) is 0 Å². The summed E-state index contributed by atoms with van der Waals surface area (Å²) in [6, 6.07) is 11.8. The SMILES string of the molecule is C=C(S/C=C/Cc1cc(C)c(C)cc1C1CC1)c1ccc2c(c1)CCCCC2. The van der Waals surface area contributed by atoms with Crippen molar-refractivity contribution < 1.29 is 0 Å². The van der Waals surface area contributed by atoms with Crippen molar-refractivity contribution in [2.45, 2.75) is 71.1 Å². The molecule has 0 N–H and O–H groups in total. The number of aryl methyl sites for hydroxylation is 4. The minimum Gasteiger partial charge on any atom is -0.0984 e. The fourth-order valence-corrected chi connectivity index (χ4v) is 4.93. The Kier molecular flexibility index (Phi) is 6.11. The van der Waals surface area contributed by atoms with Crippen LogP contribution in [0.1, 0.15) is 77.0 Å². The number of hydrogen-bond donors (Lipinski definition) is 0. The molecule has 1 fully saturated rings. The van der Waals surface area contributed by atoms with E-state index in [0.29, 0.717) is 0 Å². The number of allylic oxidation sites excluding steroid dienone is 1. The van der Waals surface area contributed by atoms with Crippen molar-refractivity contribution in [1.82, 2.24) is 0 Å². The lowest BCUT2D eigenvalue weighted by atomic mass is 9.95. The first kappa shape index (κ1) is 19.6. The lowest BCUT2D eigenvalue weighted by Crippen LogP contribution is -1.95. The minimum atomic E-state index is 0.810. The molecule has 2 aromatic rings. The molecule has 4 rings (SSSR count). The van der Waals surface area contributed by atoms with Gasteiger partial charge in [0.25, 0.3) is 0 Å². The molecule has 2 aromatic carbocycles. The van der Waals surface area contributed by atoms with Gasteiger partial charge in [0.2, 0.25) is 0 Å². The van der Waals surface area contributed by atoms with Gasteiger partial charge in [-0.1, -0.05) is 61.2 Å². The minimum absolute atomic E-state index is 0.810. The molecule has 146 valence electrons. The second-order valence-electron chi connectivity index (χ2n) is 8.57. The van der Waals surface area contributed by atoms with E-state index in [0.717, 1.165) is 17.2 Å². The van der Waals surface area contributed by atoms with E-state index in [2.05, 4.69) is 62.2 Å². The van der Waals surface area contributed by atoms with Gasteiger partial charge in [0.1, 0.15) is 0 Å². The van der Waals surface area contributed by atoms with Gasteiger partial charge in [0.05, 0.1) is 0 Å². The molecule has 1 heteroatoms. The van der Waals surface area contributed by atoms with E-state index in [9.17, 15) is 0 Å². The zero-order chi connectivity index (χ0) is 19.5. The topological polar surface area (TPSA) is 0 Å². The normalized spacial score (nSPS) is 16.8. The van der Waals surface area contributed by atoms with E-state index < -0.39 is 0 Å². The molecule has 0 aromatic heterocycles. The standard InChI is InChI=1S/C27H32S/c1-19-16-26(27(17-20(19)2)23-12-13-23)10-7-15-28-21(3)24-14-11-22-8-5-4-6-9-25(22)18-24/h7,11,14-18,23H,3-6,8-10,12-13H2,1-2H3/b15-7+. The number of rotatable bonds is 6. The van der Waals surface area contributed by atoms with Gasteiger partial charge in [-0.15, -0.1) is 0 Å². The highest BCUT2D eigenvalue weighted by Crippen LogP contribution is 2.42. The van der Waals surface area contributed by atoms with E-state index in [4.69, 9.17) is 0 Å². The Labute approximate surface area is 175 Å². The molecule has 28 heavy (non-hydrogen) atoms. The Morgan fingerprint density at radius 2 is 1.75 bits per heavy atom. The van der Waals surface area contributed by atoms with Crippen LogP contribution in [0.3, 0.4) is 0 Å². The number of fused-ring (bicyclic) bond motifs is 1. The van der Waals surface area contributed by atoms with Crippen molar-refractivity contribution >= 4 is 16.7 Å². The van der Waals surface area contributed by atoms with Gasteiger partial charge in [0, 0.05) is 4.91 Å². The Balaban J connectivity index is 1.40. The van der Waals surface area contributed by atoms with Crippen LogP contribution in [-0.2, 0) is 19.3 Å². The van der Waals surface area contributed by atoms with Gasteiger partial charge in [0.15, 0.2) is 0 Å². The summed E-state index contributed by atoms with van der Waals surface area (Å²) in [5.74, 6) is 0.810. The highest BCUT2D eigenvalue weighted by molar-refractivity contribution is 8.10. The molecule has 0 heterocycles. The number of benzene rings is 2. The predicted octanol–water partition coefficient (Wildman–Crippen LogP) is 7.91. The Hall–Kier alpha value is -1.73. The molecule has 0 nitrogen and oxygen atoms in total. The zero-order valence-corrected chi connectivity index (χ0v) is 18.2. The molecule has 0 saturated heterocycles. The van der Waals surface area contributed by atoms with Crippen molar-refractivity contribution in [3.63, 3.8) is 0 Å². The van der Waals surface area contributed by atoms with Crippen LogP contribution >= 0.6 is 11.8 Å². The predicted molar refractivity (Wildman–Crippen MR) is 125 cm³/mol. The van der Waals surface area contributed by atoms with Crippen LogP contribution in [0.25, 0.3) is 4.91 Å². The van der Waals surface area contributed by atoms with E-state index in [1.54, 1.807) is 28.5 Å². The Morgan fingerprint density at radius 3 is 2.54 bits per heavy atom. The highest BCUT2D eigenvalue weighted by Gasteiger charge is 2.26. The van der Waals surface area contributed by atoms with Crippen LogP contribution < -0.4 is 0 Å². The first-order valence-corrected chi connectivity index (χ1v) is 11.7. The van der Waals surface area contributed by atoms with Crippen LogP contribution in [-0.4, -0.2) is 0 Å². The largest absolute Gasteiger partial charge is 0.0984 e. The highest BCUT2D eigenvalue weighted by atomic mass is 32.2. The summed E-state index contributed by atoms with van der Waals surface area (Å²) in [6.07, 6.45) is 12.6. The number of hydrogen-bond acceptors (Lipinski definition) is 1. The van der Waals surface area contributed by atoms with Gasteiger partial charge in [-0.3, -0.25) is 0 Å². The lowest BCUT2D eigenvalue weighted by molar-refractivity contribution is 0.711. The summed E-state index contributed by atoms with van der Waals surface area (Å²) in [6.45, 7) is 8.80. The van der Waals surface area contributed by atoms with Gasteiger partial charge in [-0.2, -0.15) is 0 Å². The summed E-state index contributed by atoms with van der Waals surface area (Å²) >= 11 is 1.77. The molecular formula is C27H32S. The van der Waals surface area contributed by atoms with Crippen molar-refractivity contribution in [2.75, 3.05) is 0 Å². The van der Waals surface area contributed by atoms with Crippen molar-refractivity contribution in [1.29, 1.82) is 0 Å². The zero-order valence-electron chi connectivity index (χ0n) is 17.4. The summed E-state index contributed by atoms with van der Waals surface area (Å²) in [5, 5.41) is 2.24. The molecule has 1 saturated carbocycles. The summed E-state index contributed by atoms with van der Waals surface area (Å²) < 4.78 is 0. The summed E-state index contributed by atoms with van der Waals surface area (Å²) in [4.78, 5) is 1.16. The third-order valence-electron chi connectivity index (χ3n) is 6.34. The average molecular weight is 389 g/mol. The maximum absolute atomic E-state index is 4.34. The molecular weight excluding hydrogens is 356 g/mol. The molecule has 2 aliphatic carbocycles. The average Bonchev–Trinajstić information content (AvgIpc) is 3.54. The first-order chi connectivity index (χ1) is 13.6. The smallest absolute Gasteiger partial charge is 0.0116 e. The van der Waals surface area contributed by atoms with E-state index in [-0.39, 0.29) is 0 Å². The molecule has 0 radical (unpaired) electrons. The van der Waals surface area contributed by atoms with E-state index in [1.807, 2.05) is 0 Å². The quantitative estimate of drug-likeness (QED) is 0.453. The molecule has 0 atom stereocenters. The van der Waals surface area contributed by atoms with Crippen molar-refractivity contribution in [3.05, 3.63) is 87.3 Å². The monoisotopic (exact) mass is 388 g/mol. The molecule has 2 aliphatic rings. The van der Waals surface area contributed by atoms with Crippen LogP contribution in [0.2, 0.25) is 0 Å². The van der Waals surface area contributed by atoms with Gasteiger partial charge >= 0.3 is 0 Å². The Bertz CT molecular complexity index is 899. The fourth-order valence-electron chi connectivity index (χ4n) is 4.31. The van der Waals surface area contributed by atoms with Crippen LogP contribution in [0.5, 0.6) is 0 Å². The van der Waals surface area contributed by atoms with Gasteiger partial charge in [-0.05, 0) is 109 Å². The molecule has 0 aliphatic heterocycles. The number of thioether (sulfide) groups is 1. The van der Waals surface area contributed by atoms with E-state index in [1.165, 1.54) is 67.2 Å². The fraction of sp³-hybridized carbons (Fsp3) is 0.407. The lowest BCUT2D eigenvalue weighted by Gasteiger charge is -2.11. The maximum Gasteiger partial charge on any atom is 0.0116 e.